The van der Waals surface area contributed by atoms with E-state index >= 15 is 0 Å². The molecule has 0 bridgehead atoms. The molecular formula is C9H17ClN4O2S2. The summed E-state index contributed by atoms with van der Waals surface area (Å²) in [6.45, 7) is 2.42. The molecule has 0 saturated carbocycles. The van der Waals surface area contributed by atoms with Gasteiger partial charge in [0.05, 0.1) is 6.26 Å². The number of hydrogen-bond donors (Lipinski definition) is 2. The standard InChI is InChI=1S/C9H16N4O2S2.ClH/c1-17(14,15)12-7-2-3-13(5-7)6-8-4-11-9(10)16-8;/h4,7,12H,2-3,5-6H2,1H3,(H2,10,11);1H. The van der Waals surface area contributed by atoms with Crippen molar-refractivity contribution in [2.75, 3.05) is 25.1 Å². The Kier molecular flexibility index (Phi) is 5.35. The predicted octanol–water partition coefficient (Wildman–Crippen LogP) is 0.271. The molecule has 1 aliphatic rings. The largest absolute Gasteiger partial charge is 0.375 e. The van der Waals surface area contributed by atoms with Crippen molar-refractivity contribution in [3.05, 3.63) is 11.1 Å². The van der Waals surface area contributed by atoms with Gasteiger partial charge in [0.1, 0.15) is 0 Å². The fourth-order valence-corrected chi connectivity index (χ4v) is 3.52. The third-order valence-electron chi connectivity index (χ3n) is 2.60. The molecule has 0 aromatic carbocycles. The van der Waals surface area contributed by atoms with Crippen molar-refractivity contribution in [1.82, 2.24) is 14.6 Å². The number of thiazole rings is 1. The minimum absolute atomic E-state index is 0. The highest BCUT2D eigenvalue weighted by atomic mass is 35.5. The lowest BCUT2D eigenvalue weighted by molar-refractivity contribution is 0.327. The molecule has 1 aliphatic heterocycles. The highest BCUT2D eigenvalue weighted by Gasteiger charge is 2.24. The van der Waals surface area contributed by atoms with Gasteiger partial charge in [0.2, 0.25) is 10.0 Å². The lowest BCUT2D eigenvalue weighted by Crippen LogP contribution is -2.36. The van der Waals surface area contributed by atoms with Crippen molar-refractivity contribution in [2.24, 2.45) is 0 Å². The van der Waals surface area contributed by atoms with Gasteiger partial charge in [-0.2, -0.15) is 0 Å². The first-order valence-corrected chi connectivity index (χ1v) is 8.03. The Morgan fingerprint density at radius 3 is 2.94 bits per heavy atom. The normalized spacial score (nSPS) is 20.8. The summed E-state index contributed by atoms with van der Waals surface area (Å²) in [6.07, 6.45) is 3.82. The summed E-state index contributed by atoms with van der Waals surface area (Å²) >= 11 is 1.48. The fraction of sp³-hybridized carbons (Fsp3) is 0.667. The lowest BCUT2D eigenvalue weighted by atomic mass is 10.3. The quantitative estimate of drug-likeness (QED) is 0.833. The highest BCUT2D eigenvalue weighted by Crippen LogP contribution is 2.19. The molecule has 6 nitrogen and oxygen atoms in total. The van der Waals surface area contributed by atoms with Gasteiger partial charge in [0.25, 0.3) is 0 Å². The van der Waals surface area contributed by atoms with Crippen LogP contribution in [-0.4, -0.2) is 43.7 Å². The van der Waals surface area contributed by atoms with E-state index in [1.165, 1.54) is 17.6 Å². The van der Waals surface area contributed by atoms with E-state index in [0.717, 1.165) is 30.9 Å². The summed E-state index contributed by atoms with van der Waals surface area (Å²) in [5.41, 5.74) is 5.56. The number of nitrogens with two attached hydrogens (primary N) is 1. The van der Waals surface area contributed by atoms with E-state index in [9.17, 15) is 8.42 Å². The number of nitrogens with one attached hydrogen (secondary N) is 1. The van der Waals surface area contributed by atoms with Crippen molar-refractivity contribution < 1.29 is 8.42 Å². The number of likely N-dealkylation sites (tertiary alicyclic amines) is 1. The summed E-state index contributed by atoms with van der Waals surface area (Å²) in [5.74, 6) is 0. The van der Waals surface area contributed by atoms with Crippen LogP contribution in [0.1, 0.15) is 11.3 Å². The molecule has 18 heavy (non-hydrogen) atoms. The van der Waals surface area contributed by atoms with Gasteiger partial charge in [-0.3, -0.25) is 4.90 Å². The Morgan fingerprint density at radius 2 is 2.39 bits per heavy atom. The van der Waals surface area contributed by atoms with Crippen molar-refractivity contribution >= 4 is 38.9 Å². The van der Waals surface area contributed by atoms with Crippen LogP contribution in [0.3, 0.4) is 0 Å². The maximum atomic E-state index is 11.1. The Hall–Kier alpha value is -0.410. The van der Waals surface area contributed by atoms with E-state index in [4.69, 9.17) is 5.73 Å². The molecule has 1 aromatic rings. The van der Waals surface area contributed by atoms with Gasteiger partial charge in [-0.15, -0.1) is 23.7 Å². The minimum atomic E-state index is -3.11. The molecule has 0 radical (unpaired) electrons. The van der Waals surface area contributed by atoms with Crippen LogP contribution in [0.5, 0.6) is 0 Å². The maximum Gasteiger partial charge on any atom is 0.208 e. The molecule has 0 amide bonds. The van der Waals surface area contributed by atoms with Gasteiger partial charge in [-0.25, -0.2) is 18.1 Å². The topological polar surface area (TPSA) is 88.3 Å². The van der Waals surface area contributed by atoms with E-state index in [0.29, 0.717) is 5.13 Å². The molecule has 1 saturated heterocycles. The molecule has 2 heterocycles. The monoisotopic (exact) mass is 312 g/mol. The van der Waals surface area contributed by atoms with Crippen LogP contribution in [0.2, 0.25) is 0 Å². The second-order valence-electron chi connectivity index (χ2n) is 4.28. The van der Waals surface area contributed by atoms with E-state index < -0.39 is 10.0 Å². The Balaban J connectivity index is 0.00000162. The molecule has 104 valence electrons. The molecule has 1 fully saturated rings. The zero-order chi connectivity index (χ0) is 12.5. The van der Waals surface area contributed by atoms with Crippen LogP contribution >= 0.6 is 23.7 Å². The Labute approximate surface area is 117 Å². The molecule has 1 unspecified atom stereocenters. The SMILES string of the molecule is CS(=O)(=O)NC1CCN(Cc2cnc(N)s2)C1.Cl. The lowest BCUT2D eigenvalue weighted by Gasteiger charge is -2.14. The smallest absolute Gasteiger partial charge is 0.208 e. The van der Waals surface area contributed by atoms with E-state index in [-0.39, 0.29) is 18.4 Å². The molecule has 0 aliphatic carbocycles. The summed E-state index contributed by atoms with van der Waals surface area (Å²) in [7, 11) is -3.11. The van der Waals surface area contributed by atoms with Crippen LogP contribution in [0, 0.1) is 0 Å². The third-order valence-corrected chi connectivity index (χ3v) is 4.18. The van der Waals surface area contributed by atoms with Gasteiger partial charge in [0.15, 0.2) is 5.13 Å². The Bertz CT molecular complexity index is 491. The van der Waals surface area contributed by atoms with Crippen molar-refractivity contribution in [1.29, 1.82) is 0 Å². The second-order valence-corrected chi connectivity index (χ2v) is 7.20. The summed E-state index contributed by atoms with van der Waals surface area (Å²) < 4.78 is 24.8. The predicted molar refractivity (Wildman–Crippen MR) is 75.4 cm³/mol. The highest BCUT2D eigenvalue weighted by molar-refractivity contribution is 7.88. The van der Waals surface area contributed by atoms with E-state index in [1.54, 1.807) is 6.20 Å². The molecule has 1 aromatic heterocycles. The second kappa shape index (κ2) is 6.16. The zero-order valence-corrected chi connectivity index (χ0v) is 12.4. The summed E-state index contributed by atoms with van der Waals surface area (Å²) in [4.78, 5) is 7.31. The van der Waals surface area contributed by atoms with Crippen molar-refractivity contribution in [3.63, 3.8) is 0 Å². The van der Waals surface area contributed by atoms with Crippen molar-refractivity contribution in [2.45, 2.75) is 19.0 Å². The van der Waals surface area contributed by atoms with Gasteiger partial charge in [-0.05, 0) is 6.42 Å². The first-order valence-electron chi connectivity index (χ1n) is 5.32. The van der Waals surface area contributed by atoms with Crippen LogP contribution in [0.15, 0.2) is 6.20 Å². The molecule has 9 heteroatoms. The maximum absolute atomic E-state index is 11.1. The van der Waals surface area contributed by atoms with Gasteiger partial charge < -0.3 is 5.73 Å². The van der Waals surface area contributed by atoms with Crippen LogP contribution < -0.4 is 10.5 Å². The van der Waals surface area contributed by atoms with Gasteiger partial charge in [-0.1, -0.05) is 0 Å². The minimum Gasteiger partial charge on any atom is -0.375 e. The molecule has 3 N–H and O–H groups in total. The molecular weight excluding hydrogens is 296 g/mol. The number of sulfonamides is 1. The van der Waals surface area contributed by atoms with Crippen LogP contribution in [0.25, 0.3) is 0 Å². The number of aromatic nitrogens is 1. The Morgan fingerprint density at radius 1 is 1.67 bits per heavy atom. The van der Waals surface area contributed by atoms with Gasteiger partial charge >= 0.3 is 0 Å². The van der Waals surface area contributed by atoms with Crippen LogP contribution in [-0.2, 0) is 16.6 Å². The van der Waals surface area contributed by atoms with Gasteiger partial charge in [0, 0.05) is 36.8 Å². The first-order chi connectivity index (χ1) is 7.92. The first kappa shape index (κ1) is 15.6. The van der Waals surface area contributed by atoms with Crippen molar-refractivity contribution in [3.8, 4) is 0 Å². The average Bonchev–Trinajstić information content (AvgIpc) is 2.74. The number of nitrogen functional groups attached to an aromatic ring is 1. The molecule has 1 atom stereocenters. The number of nitrogens with zero attached hydrogens (tertiary/aromatic N) is 2. The average molecular weight is 313 g/mol. The summed E-state index contributed by atoms with van der Waals surface area (Å²) in [6, 6.07) is 0.0234. The number of rotatable bonds is 4. The third kappa shape index (κ3) is 4.69. The fourth-order valence-electron chi connectivity index (χ4n) is 1.99. The number of anilines is 1. The molecule has 0 spiro atoms. The molecule has 2 rings (SSSR count). The number of halogens is 1. The number of hydrogen-bond acceptors (Lipinski definition) is 6. The zero-order valence-electron chi connectivity index (χ0n) is 10.00. The van der Waals surface area contributed by atoms with Crippen LogP contribution in [0.4, 0.5) is 5.13 Å². The summed E-state index contributed by atoms with van der Waals surface area (Å²) in [5, 5.41) is 0.574. The van der Waals surface area contributed by atoms with E-state index in [2.05, 4.69) is 14.6 Å². The van der Waals surface area contributed by atoms with E-state index in [1.807, 2.05) is 0 Å².